The molecule has 17 heavy (non-hydrogen) atoms. The topological polar surface area (TPSA) is 55.6 Å². The molecular weight excluding hydrogens is 240 g/mol. The largest absolute Gasteiger partial charge is 0.373 e. The van der Waals surface area contributed by atoms with E-state index >= 15 is 0 Å². The van der Waals surface area contributed by atoms with Gasteiger partial charge in [-0.1, -0.05) is 20.8 Å². The Bertz CT molecular complexity index is 241. The Kier molecular flexibility index (Phi) is 7.05. The normalized spacial score (nSPS) is 20.9. The summed E-state index contributed by atoms with van der Waals surface area (Å²) in [6.07, 6.45) is 1.57. The molecule has 1 rings (SSSR count). The van der Waals surface area contributed by atoms with Crippen LogP contribution in [-0.2, 0) is 9.53 Å². The molecule has 1 aliphatic heterocycles. The molecule has 1 amide bonds. The Balaban J connectivity index is 0.00000256. The van der Waals surface area contributed by atoms with E-state index in [0.29, 0.717) is 32.7 Å². The van der Waals surface area contributed by atoms with Gasteiger partial charge in [0, 0.05) is 26.1 Å². The molecule has 0 aliphatic carbocycles. The molecule has 1 fully saturated rings. The number of nitrogens with two attached hydrogens (primary N) is 1. The van der Waals surface area contributed by atoms with Gasteiger partial charge in [0.25, 0.3) is 0 Å². The molecule has 0 aromatic carbocycles. The van der Waals surface area contributed by atoms with Crippen molar-refractivity contribution in [3.63, 3.8) is 0 Å². The van der Waals surface area contributed by atoms with E-state index in [1.54, 1.807) is 0 Å². The molecule has 1 atom stereocenters. The van der Waals surface area contributed by atoms with E-state index in [-0.39, 0.29) is 29.8 Å². The van der Waals surface area contributed by atoms with Crippen molar-refractivity contribution >= 4 is 18.3 Å². The molecule has 1 saturated heterocycles. The second-order valence-electron chi connectivity index (χ2n) is 5.63. The standard InChI is InChI=1S/C12H24N2O2.ClH/c1-12(2,3)5-4-11(15)14-6-7-16-10(8-13)9-14;/h10H,4-9,13H2,1-3H3;1H. The average Bonchev–Trinajstić information content (AvgIpc) is 2.25. The number of rotatable bonds is 3. The van der Waals surface area contributed by atoms with Gasteiger partial charge in [0.15, 0.2) is 0 Å². The third kappa shape index (κ3) is 6.24. The number of morpholine rings is 1. The summed E-state index contributed by atoms with van der Waals surface area (Å²) in [5.41, 5.74) is 5.76. The van der Waals surface area contributed by atoms with Gasteiger partial charge in [-0.15, -0.1) is 12.4 Å². The Hall–Kier alpha value is -0.320. The lowest BCUT2D eigenvalue weighted by molar-refractivity contribution is -0.138. The number of hydrogen-bond acceptors (Lipinski definition) is 3. The van der Waals surface area contributed by atoms with Crippen LogP contribution < -0.4 is 5.73 Å². The highest BCUT2D eigenvalue weighted by atomic mass is 35.5. The first-order chi connectivity index (χ1) is 7.42. The van der Waals surface area contributed by atoms with Crippen molar-refractivity contribution in [2.45, 2.75) is 39.7 Å². The summed E-state index contributed by atoms with van der Waals surface area (Å²) in [7, 11) is 0. The van der Waals surface area contributed by atoms with Crippen molar-refractivity contribution in [1.29, 1.82) is 0 Å². The predicted molar refractivity (Wildman–Crippen MR) is 71.3 cm³/mol. The summed E-state index contributed by atoms with van der Waals surface area (Å²) in [4.78, 5) is 13.8. The van der Waals surface area contributed by atoms with Gasteiger partial charge in [-0.05, 0) is 11.8 Å². The van der Waals surface area contributed by atoms with Gasteiger partial charge in [-0.2, -0.15) is 0 Å². The Labute approximate surface area is 110 Å². The van der Waals surface area contributed by atoms with Crippen LogP contribution in [0.15, 0.2) is 0 Å². The Morgan fingerprint density at radius 1 is 1.47 bits per heavy atom. The number of ether oxygens (including phenoxy) is 1. The monoisotopic (exact) mass is 264 g/mol. The lowest BCUT2D eigenvalue weighted by Crippen LogP contribution is -2.48. The molecule has 1 heterocycles. The van der Waals surface area contributed by atoms with Crippen molar-refractivity contribution in [3.8, 4) is 0 Å². The smallest absolute Gasteiger partial charge is 0.222 e. The summed E-state index contributed by atoms with van der Waals surface area (Å²) >= 11 is 0. The predicted octanol–water partition coefficient (Wildman–Crippen LogP) is 1.42. The lowest BCUT2D eigenvalue weighted by Gasteiger charge is -2.33. The molecule has 2 N–H and O–H groups in total. The Morgan fingerprint density at radius 3 is 2.65 bits per heavy atom. The molecular formula is C12H25ClN2O2. The van der Waals surface area contributed by atoms with E-state index in [9.17, 15) is 4.79 Å². The maximum atomic E-state index is 11.9. The first-order valence-corrected chi connectivity index (χ1v) is 6.02. The summed E-state index contributed by atoms with van der Waals surface area (Å²) in [6.45, 7) is 8.93. The highest BCUT2D eigenvalue weighted by Gasteiger charge is 2.24. The van der Waals surface area contributed by atoms with Gasteiger partial charge in [0.05, 0.1) is 12.7 Å². The second-order valence-corrected chi connectivity index (χ2v) is 5.63. The van der Waals surface area contributed by atoms with Crippen molar-refractivity contribution < 1.29 is 9.53 Å². The first-order valence-electron chi connectivity index (χ1n) is 6.02. The molecule has 0 aromatic heterocycles. The van der Waals surface area contributed by atoms with Crippen LogP contribution in [0.2, 0.25) is 0 Å². The average molecular weight is 265 g/mol. The highest BCUT2D eigenvalue weighted by molar-refractivity contribution is 5.85. The molecule has 0 bridgehead atoms. The minimum absolute atomic E-state index is 0. The van der Waals surface area contributed by atoms with Gasteiger partial charge in [-0.3, -0.25) is 4.79 Å². The number of hydrogen-bond donors (Lipinski definition) is 1. The minimum Gasteiger partial charge on any atom is -0.373 e. The third-order valence-corrected chi connectivity index (χ3v) is 2.84. The SMILES string of the molecule is CC(C)(C)CCC(=O)N1CCOC(CN)C1.Cl. The van der Waals surface area contributed by atoms with E-state index < -0.39 is 0 Å². The third-order valence-electron chi connectivity index (χ3n) is 2.84. The zero-order chi connectivity index (χ0) is 12.2. The van der Waals surface area contributed by atoms with E-state index in [1.807, 2.05) is 4.90 Å². The van der Waals surface area contributed by atoms with Crippen LogP contribution in [0, 0.1) is 5.41 Å². The summed E-state index contributed by atoms with van der Waals surface area (Å²) in [5, 5.41) is 0. The van der Waals surface area contributed by atoms with Crippen LogP contribution in [0.3, 0.4) is 0 Å². The number of carbonyl (C=O) groups excluding carboxylic acids is 1. The Morgan fingerprint density at radius 2 is 2.12 bits per heavy atom. The van der Waals surface area contributed by atoms with Crippen molar-refractivity contribution in [2.24, 2.45) is 11.1 Å². The molecule has 4 nitrogen and oxygen atoms in total. The molecule has 102 valence electrons. The van der Waals surface area contributed by atoms with E-state index in [4.69, 9.17) is 10.5 Å². The number of nitrogens with zero attached hydrogens (tertiary/aromatic N) is 1. The molecule has 0 spiro atoms. The molecule has 5 heteroatoms. The van der Waals surface area contributed by atoms with E-state index in [2.05, 4.69) is 20.8 Å². The summed E-state index contributed by atoms with van der Waals surface area (Å²) in [6, 6.07) is 0. The van der Waals surface area contributed by atoms with Crippen molar-refractivity contribution in [2.75, 3.05) is 26.2 Å². The van der Waals surface area contributed by atoms with E-state index in [1.165, 1.54) is 0 Å². The van der Waals surface area contributed by atoms with Crippen molar-refractivity contribution in [1.82, 2.24) is 4.90 Å². The van der Waals surface area contributed by atoms with Crippen LogP contribution in [0.1, 0.15) is 33.6 Å². The zero-order valence-electron chi connectivity index (χ0n) is 11.1. The number of halogens is 1. The second kappa shape index (κ2) is 7.19. The maximum absolute atomic E-state index is 11.9. The van der Waals surface area contributed by atoms with Crippen LogP contribution >= 0.6 is 12.4 Å². The fraction of sp³-hybridized carbons (Fsp3) is 0.917. The van der Waals surface area contributed by atoms with Crippen LogP contribution in [0.4, 0.5) is 0 Å². The quantitative estimate of drug-likeness (QED) is 0.839. The van der Waals surface area contributed by atoms with E-state index in [0.717, 1.165) is 6.42 Å². The van der Waals surface area contributed by atoms with Crippen LogP contribution in [0.5, 0.6) is 0 Å². The molecule has 0 saturated carbocycles. The maximum Gasteiger partial charge on any atom is 0.222 e. The van der Waals surface area contributed by atoms with Gasteiger partial charge in [0.2, 0.25) is 5.91 Å². The first kappa shape index (κ1) is 16.7. The molecule has 1 unspecified atom stereocenters. The van der Waals surface area contributed by atoms with Gasteiger partial charge >= 0.3 is 0 Å². The fourth-order valence-electron chi connectivity index (χ4n) is 1.73. The molecule has 0 radical (unpaired) electrons. The number of amides is 1. The summed E-state index contributed by atoms with van der Waals surface area (Å²) in [5.74, 6) is 0.233. The van der Waals surface area contributed by atoms with Crippen LogP contribution in [-0.4, -0.2) is 43.2 Å². The van der Waals surface area contributed by atoms with Crippen molar-refractivity contribution in [3.05, 3.63) is 0 Å². The fourth-order valence-corrected chi connectivity index (χ4v) is 1.73. The number of carbonyl (C=O) groups is 1. The lowest BCUT2D eigenvalue weighted by atomic mass is 9.90. The minimum atomic E-state index is 0. The van der Waals surface area contributed by atoms with Crippen LogP contribution in [0.25, 0.3) is 0 Å². The molecule has 1 aliphatic rings. The zero-order valence-corrected chi connectivity index (χ0v) is 11.9. The highest BCUT2D eigenvalue weighted by Crippen LogP contribution is 2.21. The van der Waals surface area contributed by atoms with Gasteiger partial charge in [-0.25, -0.2) is 0 Å². The summed E-state index contributed by atoms with van der Waals surface area (Å²) < 4.78 is 5.43. The molecule has 0 aromatic rings. The van der Waals surface area contributed by atoms with Gasteiger partial charge in [0.1, 0.15) is 0 Å². The van der Waals surface area contributed by atoms with Gasteiger partial charge < -0.3 is 15.4 Å².